The quantitative estimate of drug-likeness (QED) is 0.742. The summed E-state index contributed by atoms with van der Waals surface area (Å²) in [6, 6.07) is 0. The van der Waals surface area contributed by atoms with Crippen molar-refractivity contribution in [3.8, 4) is 0 Å². The smallest absolute Gasteiger partial charge is 0.146 e. The number of aliphatic hydroxyl groups is 1. The summed E-state index contributed by atoms with van der Waals surface area (Å²) in [5.74, 6) is 0.298. The highest BCUT2D eigenvalue weighted by atomic mass is 16.3. The Kier molecular flexibility index (Phi) is 4.08. The Morgan fingerprint density at radius 1 is 1.43 bits per heavy atom. The van der Waals surface area contributed by atoms with Crippen molar-refractivity contribution in [2.45, 2.75) is 45.1 Å². The first kappa shape index (κ1) is 11.7. The molecule has 14 heavy (non-hydrogen) atoms. The van der Waals surface area contributed by atoms with E-state index in [4.69, 9.17) is 0 Å². The Bertz CT molecular complexity index is 201. The lowest BCUT2D eigenvalue weighted by atomic mass is 9.98. The number of hydrogen-bond acceptors (Lipinski definition) is 3. The van der Waals surface area contributed by atoms with Crippen molar-refractivity contribution in [2.24, 2.45) is 0 Å². The highest BCUT2D eigenvalue weighted by Gasteiger charge is 2.25. The summed E-state index contributed by atoms with van der Waals surface area (Å²) >= 11 is 0. The minimum absolute atomic E-state index is 0.298. The molecule has 0 saturated carbocycles. The van der Waals surface area contributed by atoms with Crippen molar-refractivity contribution in [1.82, 2.24) is 4.90 Å². The van der Waals surface area contributed by atoms with Crippen LogP contribution in [0.5, 0.6) is 0 Å². The van der Waals surface area contributed by atoms with Crippen molar-refractivity contribution in [3.63, 3.8) is 0 Å². The first-order valence-corrected chi connectivity index (χ1v) is 5.50. The Morgan fingerprint density at radius 3 is 2.79 bits per heavy atom. The average Bonchev–Trinajstić information content (AvgIpc) is 2.28. The highest BCUT2D eigenvalue weighted by molar-refractivity contribution is 5.80. The van der Waals surface area contributed by atoms with Gasteiger partial charge in [-0.2, -0.15) is 0 Å². The molecule has 1 saturated heterocycles. The molecule has 82 valence electrons. The van der Waals surface area contributed by atoms with Gasteiger partial charge in [0.1, 0.15) is 5.78 Å². The third kappa shape index (κ3) is 3.76. The maximum absolute atomic E-state index is 11.2. The lowest BCUT2D eigenvalue weighted by Gasteiger charge is -2.21. The molecule has 0 amide bonds. The second-order valence-electron chi connectivity index (χ2n) is 4.52. The fourth-order valence-electron chi connectivity index (χ4n) is 1.84. The van der Waals surface area contributed by atoms with Crippen molar-refractivity contribution in [2.75, 3.05) is 19.6 Å². The second-order valence-corrected chi connectivity index (χ2v) is 4.52. The molecule has 3 heteroatoms. The van der Waals surface area contributed by atoms with Gasteiger partial charge in [-0.3, -0.25) is 9.69 Å². The molecule has 0 spiro atoms. The van der Waals surface area contributed by atoms with Crippen LogP contribution in [-0.4, -0.2) is 41.0 Å². The second kappa shape index (κ2) is 4.89. The fourth-order valence-corrected chi connectivity index (χ4v) is 1.84. The van der Waals surface area contributed by atoms with Crippen LogP contribution in [0.4, 0.5) is 0 Å². The molecule has 1 aliphatic rings. The molecule has 1 N–H and O–H groups in total. The van der Waals surface area contributed by atoms with Crippen LogP contribution in [0, 0.1) is 0 Å². The predicted molar refractivity (Wildman–Crippen MR) is 56.2 cm³/mol. The molecule has 1 rings (SSSR count). The zero-order chi connectivity index (χ0) is 10.6. The zero-order valence-corrected chi connectivity index (χ0v) is 9.25. The van der Waals surface area contributed by atoms with Gasteiger partial charge >= 0.3 is 0 Å². The van der Waals surface area contributed by atoms with Crippen molar-refractivity contribution in [3.05, 3.63) is 0 Å². The third-order valence-electron chi connectivity index (χ3n) is 2.95. The fraction of sp³-hybridized carbons (Fsp3) is 0.909. The number of rotatable bonds is 3. The van der Waals surface area contributed by atoms with Crippen LogP contribution < -0.4 is 0 Å². The van der Waals surface area contributed by atoms with Crippen LogP contribution in [0.3, 0.4) is 0 Å². The van der Waals surface area contributed by atoms with Gasteiger partial charge in [-0.15, -0.1) is 0 Å². The minimum Gasteiger partial charge on any atom is -0.390 e. The molecule has 0 aromatic carbocycles. The number of carbonyl (C=O) groups is 1. The highest BCUT2D eigenvalue weighted by Crippen LogP contribution is 2.21. The van der Waals surface area contributed by atoms with Gasteiger partial charge in [0.2, 0.25) is 0 Å². The molecule has 1 unspecified atom stereocenters. The van der Waals surface area contributed by atoms with E-state index in [1.165, 1.54) is 0 Å². The van der Waals surface area contributed by atoms with Crippen LogP contribution in [0.2, 0.25) is 0 Å². The standard InChI is InChI=1S/C11H21NO2/c1-3-10(13)9-12-7-4-5-11(2,14)6-8-12/h14H,3-9H2,1-2H3. The van der Waals surface area contributed by atoms with Crippen LogP contribution in [0.25, 0.3) is 0 Å². The SMILES string of the molecule is CCC(=O)CN1CCCC(C)(O)CC1. The van der Waals surface area contributed by atoms with Crippen LogP contribution in [-0.2, 0) is 4.79 Å². The topological polar surface area (TPSA) is 40.5 Å². The van der Waals surface area contributed by atoms with Crippen molar-refractivity contribution < 1.29 is 9.90 Å². The van der Waals surface area contributed by atoms with E-state index in [-0.39, 0.29) is 0 Å². The number of Topliss-reactive ketones (excluding diaryl/α,β-unsaturated/α-hetero) is 1. The van der Waals surface area contributed by atoms with E-state index in [2.05, 4.69) is 4.90 Å². The van der Waals surface area contributed by atoms with E-state index in [9.17, 15) is 9.90 Å². The van der Waals surface area contributed by atoms with Gasteiger partial charge in [0.05, 0.1) is 12.1 Å². The first-order chi connectivity index (χ1) is 6.53. The third-order valence-corrected chi connectivity index (χ3v) is 2.95. The molecule has 3 nitrogen and oxygen atoms in total. The van der Waals surface area contributed by atoms with Gasteiger partial charge in [-0.05, 0) is 32.7 Å². The molecule has 0 radical (unpaired) electrons. The van der Waals surface area contributed by atoms with Crippen LogP contribution in [0.1, 0.15) is 39.5 Å². The maximum Gasteiger partial charge on any atom is 0.146 e. The normalized spacial score (nSPS) is 29.9. The number of carbonyl (C=O) groups excluding carboxylic acids is 1. The summed E-state index contributed by atoms with van der Waals surface area (Å²) in [5, 5.41) is 9.85. The predicted octanol–water partition coefficient (Wildman–Crippen LogP) is 1.20. The van der Waals surface area contributed by atoms with Gasteiger partial charge in [0.25, 0.3) is 0 Å². The summed E-state index contributed by atoms with van der Waals surface area (Å²) in [5.41, 5.74) is -0.524. The zero-order valence-electron chi connectivity index (χ0n) is 9.25. The van der Waals surface area contributed by atoms with E-state index >= 15 is 0 Å². The molecule has 0 aromatic heterocycles. The number of ketones is 1. The summed E-state index contributed by atoms with van der Waals surface area (Å²) < 4.78 is 0. The molecular formula is C11H21NO2. The number of nitrogens with zero attached hydrogens (tertiary/aromatic N) is 1. The molecule has 1 heterocycles. The molecular weight excluding hydrogens is 178 g/mol. The van der Waals surface area contributed by atoms with E-state index in [1.54, 1.807) is 0 Å². The summed E-state index contributed by atoms with van der Waals surface area (Å²) in [6.45, 7) is 6.14. The van der Waals surface area contributed by atoms with Crippen LogP contribution >= 0.6 is 0 Å². The Balaban J connectivity index is 2.38. The van der Waals surface area contributed by atoms with E-state index in [0.29, 0.717) is 18.7 Å². The summed E-state index contributed by atoms with van der Waals surface area (Å²) in [4.78, 5) is 13.4. The molecule has 1 aliphatic heterocycles. The molecule has 0 bridgehead atoms. The van der Waals surface area contributed by atoms with E-state index in [1.807, 2.05) is 13.8 Å². The summed E-state index contributed by atoms with van der Waals surface area (Å²) in [6.07, 6.45) is 3.24. The van der Waals surface area contributed by atoms with Crippen LogP contribution in [0.15, 0.2) is 0 Å². The molecule has 0 aromatic rings. The number of hydrogen-bond donors (Lipinski definition) is 1. The van der Waals surface area contributed by atoms with Gasteiger partial charge in [0.15, 0.2) is 0 Å². The monoisotopic (exact) mass is 199 g/mol. The Labute approximate surface area is 86.1 Å². The van der Waals surface area contributed by atoms with Crippen molar-refractivity contribution in [1.29, 1.82) is 0 Å². The largest absolute Gasteiger partial charge is 0.390 e. The molecule has 0 aliphatic carbocycles. The van der Waals surface area contributed by atoms with Gasteiger partial charge in [-0.1, -0.05) is 6.92 Å². The Morgan fingerprint density at radius 2 is 2.14 bits per heavy atom. The molecule has 1 atom stereocenters. The van der Waals surface area contributed by atoms with Gasteiger partial charge < -0.3 is 5.11 Å². The van der Waals surface area contributed by atoms with E-state index in [0.717, 1.165) is 32.4 Å². The lowest BCUT2D eigenvalue weighted by Crippen LogP contribution is -2.32. The summed E-state index contributed by atoms with van der Waals surface area (Å²) in [7, 11) is 0. The Hall–Kier alpha value is -0.410. The first-order valence-electron chi connectivity index (χ1n) is 5.50. The minimum atomic E-state index is -0.524. The van der Waals surface area contributed by atoms with Gasteiger partial charge in [-0.25, -0.2) is 0 Å². The lowest BCUT2D eigenvalue weighted by molar-refractivity contribution is -0.119. The van der Waals surface area contributed by atoms with E-state index < -0.39 is 5.60 Å². The maximum atomic E-state index is 11.2. The molecule has 1 fully saturated rings. The average molecular weight is 199 g/mol. The van der Waals surface area contributed by atoms with Crippen molar-refractivity contribution >= 4 is 5.78 Å². The number of likely N-dealkylation sites (tertiary alicyclic amines) is 1. The van der Waals surface area contributed by atoms with Gasteiger partial charge in [0, 0.05) is 13.0 Å².